The summed E-state index contributed by atoms with van der Waals surface area (Å²) in [6, 6.07) is 5.28. The lowest BCUT2D eigenvalue weighted by molar-refractivity contribution is -0.274. The highest BCUT2D eigenvalue weighted by atomic mass is 19.4. The van der Waals surface area contributed by atoms with Crippen molar-refractivity contribution in [3.8, 4) is 11.4 Å². The highest BCUT2D eigenvalue weighted by Crippen LogP contribution is 2.26. The Kier molecular flexibility index (Phi) is 3.67. The molecule has 0 bridgehead atoms. The Bertz CT molecular complexity index is 1340. The van der Waals surface area contributed by atoms with Crippen LogP contribution in [-0.2, 0) is 14.1 Å². The lowest BCUT2D eigenvalue weighted by Crippen LogP contribution is -2.37. The number of benzene rings is 1. The average Bonchev–Trinajstić information content (AvgIpc) is 3.12. The molecule has 0 radical (unpaired) electrons. The number of hydrogen-bond acceptors (Lipinski definition) is 4. The molecule has 3 aromatic heterocycles. The van der Waals surface area contributed by atoms with E-state index in [2.05, 4.69) is 9.72 Å². The number of ether oxygens (including phenoxy) is 1. The van der Waals surface area contributed by atoms with Crippen molar-refractivity contribution >= 4 is 16.9 Å². The van der Waals surface area contributed by atoms with Gasteiger partial charge in [0.1, 0.15) is 5.75 Å². The maximum absolute atomic E-state index is 12.6. The molecule has 0 saturated carbocycles. The van der Waals surface area contributed by atoms with Crippen LogP contribution in [0.25, 0.3) is 22.6 Å². The predicted octanol–water partition coefficient (Wildman–Crippen LogP) is 1.88. The molecule has 0 spiro atoms. The zero-order valence-electron chi connectivity index (χ0n) is 15.0. The van der Waals surface area contributed by atoms with Gasteiger partial charge in [-0.15, -0.1) is 13.2 Å². The maximum Gasteiger partial charge on any atom is 0.573 e. The molecule has 1 aromatic carbocycles. The van der Waals surface area contributed by atoms with E-state index in [1.807, 2.05) is 0 Å². The molecule has 0 N–H and O–H groups in total. The monoisotopic (exact) mass is 393 g/mol. The molecule has 28 heavy (non-hydrogen) atoms. The molecule has 0 amide bonds. The van der Waals surface area contributed by atoms with Crippen LogP contribution in [0.1, 0.15) is 5.69 Å². The van der Waals surface area contributed by atoms with Crippen LogP contribution in [0.5, 0.6) is 5.75 Å². The second-order valence-electron chi connectivity index (χ2n) is 6.31. The third-order valence-electron chi connectivity index (χ3n) is 4.47. The molecule has 0 unspecified atom stereocenters. The van der Waals surface area contributed by atoms with Crippen LogP contribution in [0.3, 0.4) is 0 Å². The largest absolute Gasteiger partial charge is 0.573 e. The number of fused-ring (bicyclic) bond motifs is 3. The minimum atomic E-state index is -4.77. The van der Waals surface area contributed by atoms with Crippen molar-refractivity contribution in [2.24, 2.45) is 14.1 Å². The molecule has 146 valence electrons. The normalized spacial score (nSPS) is 12.2. The molecular weight excluding hydrogens is 379 g/mol. The van der Waals surface area contributed by atoms with Gasteiger partial charge < -0.3 is 4.74 Å². The van der Waals surface area contributed by atoms with Crippen LogP contribution in [0.15, 0.2) is 40.1 Å². The summed E-state index contributed by atoms with van der Waals surface area (Å²) in [4.78, 5) is 29.1. The number of imidazole rings is 2. The second kappa shape index (κ2) is 5.75. The molecule has 0 aliphatic carbocycles. The highest BCUT2D eigenvalue weighted by Gasteiger charge is 2.31. The van der Waals surface area contributed by atoms with Crippen LogP contribution in [-0.4, -0.2) is 29.4 Å². The molecule has 0 aliphatic heterocycles. The number of aryl methyl sites for hydroxylation is 2. The van der Waals surface area contributed by atoms with E-state index in [-0.39, 0.29) is 16.9 Å². The molecule has 11 heteroatoms. The predicted molar refractivity (Wildman–Crippen MR) is 93.9 cm³/mol. The quantitative estimate of drug-likeness (QED) is 0.521. The molecule has 0 aliphatic rings. The van der Waals surface area contributed by atoms with Crippen LogP contribution < -0.4 is 16.0 Å². The van der Waals surface area contributed by atoms with Gasteiger partial charge >= 0.3 is 12.1 Å². The van der Waals surface area contributed by atoms with Crippen molar-refractivity contribution in [3.05, 3.63) is 57.0 Å². The Labute approximate surface area is 154 Å². The average molecular weight is 393 g/mol. The van der Waals surface area contributed by atoms with E-state index in [1.165, 1.54) is 42.9 Å². The fraction of sp³-hybridized carbons (Fsp3) is 0.235. The first-order chi connectivity index (χ1) is 13.1. The van der Waals surface area contributed by atoms with Gasteiger partial charge in [0.25, 0.3) is 5.56 Å². The van der Waals surface area contributed by atoms with Crippen LogP contribution in [0.2, 0.25) is 0 Å². The Balaban J connectivity index is 1.95. The van der Waals surface area contributed by atoms with Crippen LogP contribution in [0, 0.1) is 6.92 Å². The first-order valence-electron chi connectivity index (χ1n) is 8.11. The van der Waals surface area contributed by atoms with Gasteiger partial charge in [-0.1, -0.05) is 0 Å². The standard InChI is InChI=1S/C17H14F3N5O3/c1-9-8-24-12-13(22(2)16(27)23(3)14(12)26)21-15(24)25(9)10-4-6-11(7-5-10)28-17(18,19)20/h4-8H,1-3H3. The van der Waals surface area contributed by atoms with E-state index >= 15 is 0 Å². The smallest absolute Gasteiger partial charge is 0.406 e. The maximum atomic E-state index is 12.6. The number of alkyl halides is 3. The topological polar surface area (TPSA) is 75.5 Å². The lowest BCUT2D eigenvalue weighted by Gasteiger charge is -2.10. The summed E-state index contributed by atoms with van der Waals surface area (Å²) in [6.45, 7) is 1.77. The molecule has 4 rings (SSSR count). The zero-order chi connectivity index (χ0) is 20.4. The third kappa shape index (κ3) is 2.58. The van der Waals surface area contributed by atoms with Gasteiger partial charge in [0.05, 0.1) is 0 Å². The molecular formula is C17H14F3N5O3. The molecule has 0 fully saturated rings. The lowest BCUT2D eigenvalue weighted by atomic mass is 10.3. The van der Waals surface area contributed by atoms with Crippen molar-refractivity contribution in [2.45, 2.75) is 13.3 Å². The third-order valence-corrected chi connectivity index (χ3v) is 4.47. The van der Waals surface area contributed by atoms with E-state index < -0.39 is 17.6 Å². The van der Waals surface area contributed by atoms with Crippen molar-refractivity contribution in [1.29, 1.82) is 0 Å². The van der Waals surface area contributed by atoms with E-state index in [1.54, 1.807) is 22.1 Å². The van der Waals surface area contributed by atoms with Gasteiger partial charge in [-0.3, -0.25) is 22.9 Å². The van der Waals surface area contributed by atoms with Gasteiger partial charge in [0.15, 0.2) is 11.2 Å². The fourth-order valence-electron chi connectivity index (χ4n) is 3.20. The summed E-state index contributed by atoms with van der Waals surface area (Å²) in [7, 11) is 2.89. The molecule has 0 saturated heterocycles. The van der Waals surface area contributed by atoms with E-state index in [9.17, 15) is 22.8 Å². The Morgan fingerprint density at radius 3 is 2.29 bits per heavy atom. The number of halogens is 3. The molecule has 4 aromatic rings. The minimum Gasteiger partial charge on any atom is -0.406 e. The first kappa shape index (κ1) is 17.9. The first-order valence-corrected chi connectivity index (χ1v) is 8.11. The fourth-order valence-corrected chi connectivity index (χ4v) is 3.20. The van der Waals surface area contributed by atoms with Crippen molar-refractivity contribution in [1.82, 2.24) is 23.1 Å². The van der Waals surface area contributed by atoms with Gasteiger partial charge in [-0.25, -0.2) is 4.79 Å². The van der Waals surface area contributed by atoms with E-state index in [0.29, 0.717) is 17.2 Å². The summed E-state index contributed by atoms with van der Waals surface area (Å²) in [5, 5.41) is 0. The van der Waals surface area contributed by atoms with Crippen molar-refractivity contribution in [3.63, 3.8) is 0 Å². The number of nitrogens with zero attached hydrogens (tertiary/aromatic N) is 5. The Hall–Kier alpha value is -3.50. The second-order valence-corrected chi connectivity index (χ2v) is 6.31. The summed E-state index contributed by atoms with van der Waals surface area (Å²) in [5.41, 5.74) is 0.683. The summed E-state index contributed by atoms with van der Waals surface area (Å²) < 4.78 is 46.4. The number of aromatic nitrogens is 5. The minimum absolute atomic E-state index is 0.217. The molecule has 0 atom stereocenters. The Morgan fingerprint density at radius 1 is 1.04 bits per heavy atom. The summed E-state index contributed by atoms with van der Waals surface area (Å²) >= 11 is 0. The van der Waals surface area contributed by atoms with Gasteiger partial charge in [0, 0.05) is 31.7 Å². The molecule has 8 nitrogen and oxygen atoms in total. The van der Waals surface area contributed by atoms with Crippen molar-refractivity contribution < 1.29 is 17.9 Å². The molecule has 3 heterocycles. The number of rotatable bonds is 2. The van der Waals surface area contributed by atoms with E-state index in [0.717, 1.165) is 4.57 Å². The summed E-state index contributed by atoms with van der Waals surface area (Å²) in [6.07, 6.45) is -3.10. The summed E-state index contributed by atoms with van der Waals surface area (Å²) in [5.74, 6) is 0.0112. The number of hydrogen-bond donors (Lipinski definition) is 0. The SMILES string of the molecule is Cc1cn2c3c(=O)n(C)c(=O)n(C)c3nc2n1-c1ccc(OC(F)(F)F)cc1. The van der Waals surface area contributed by atoms with Gasteiger partial charge in [0.2, 0.25) is 5.78 Å². The van der Waals surface area contributed by atoms with Crippen molar-refractivity contribution in [2.75, 3.05) is 0 Å². The highest BCUT2D eigenvalue weighted by molar-refractivity contribution is 5.76. The van der Waals surface area contributed by atoms with Gasteiger partial charge in [-0.2, -0.15) is 4.98 Å². The van der Waals surface area contributed by atoms with Crippen LogP contribution >= 0.6 is 0 Å². The van der Waals surface area contributed by atoms with Gasteiger partial charge in [-0.05, 0) is 31.2 Å². The zero-order valence-corrected chi connectivity index (χ0v) is 15.0. The Morgan fingerprint density at radius 2 is 1.68 bits per heavy atom. The van der Waals surface area contributed by atoms with Crippen LogP contribution in [0.4, 0.5) is 13.2 Å². The van der Waals surface area contributed by atoms with E-state index in [4.69, 9.17) is 0 Å².